The van der Waals surface area contributed by atoms with E-state index in [1.54, 1.807) is 24.9 Å². The summed E-state index contributed by atoms with van der Waals surface area (Å²) in [5.41, 5.74) is 5.71. The Morgan fingerprint density at radius 3 is 2.47 bits per heavy atom. The molecule has 0 aliphatic heterocycles. The van der Waals surface area contributed by atoms with Crippen molar-refractivity contribution in [2.24, 2.45) is 0 Å². The summed E-state index contributed by atoms with van der Waals surface area (Å²) in [4.78, 5) is 17.6. The summed E-state index contributed by atoms with van der Waals surface area (Å²) in [6.07, 6.45) is 6.95. The van der Waals surface area contributed by atoms with Crippen LogP contribution in [-0.2, 0) is 15.8 Å². The molecule has 0 aromatic carbocycles. The molecule has 0 spiro atoms. The first-order valence-corrected chi connectivity index (χ1v) is 11.0. The lowest BCUT2D eigenvalue weighted by molar-refractivity contribution is 0.519. The number of pyridine rings is 3. The summed E-state index contributed by atoms with van der Waals surface area (Å²) < 4.78 is 27.8. The van der Waals surface area contributed by atoms with Crippen LogP contribution in [0.2, 0.25) is 0 Å². The Labute approximate surface area is 175 Å². The lowest BCUT2D eigenvalue weighted by Crippen LogP contribution is -2.24. The first kappa shape index (κ1) is 20.1. The summed E-state index contributed by atoms with van der Waals surface area (Å²) in [6.45, 7) is 3.74. The number of hydrogen-bond donors (Lipinski definition) is 0. The Balaban J connectivity index is 1.76. The second-order valence-corrected chi connectivity index (χ2v) is 9.47. The minimum atomic E-state index is -3.38. The third-order valence-corrected chi connectivity index (χ3v) is 6.85. The fourth-order valence-corrected chi connectivity index (χ4v) is 4.14. The Hall–Kier alpha value is -3.17. The quantitative estimate of drug-likeness (QED) is 0.491. The molecule has 30 heavy (non-hydrogen) atoms. The maximum absolute atomic E-state index is 12.3. The van der Waals surface area contributed by atoms with E-state index in [1.165, 1.54) is 18.4 Å². The summed E-state index contributed by atoms with van der Waals surface area (Å²) in [6, 6.07) is 7.60. The molecule has 0 saturated carbocycles. The molecular formula is C21H22N6O2S. The van der Waals surface area contributed by atoms with Crippen LogP contribution >= 0.6 is 0 Å². The van der Waals surface area contributed by atoms with Gasteiger partial charge in [0.1, 0.15) is 17.7 Å². The van der Waals surface area contributed by atoms with Crippen molar-refractivity contribution in [3.8, 4) is 16.9 Å². The molecule has 0 aliphatic carbocycles. The third kappa shape index (κ3) is 3.69. The molecule has 4 rings (SSSR count). The molecule has 154 valence electrons. The highest BCUT2D eigenvalue weighted by Gasteiger charge is 2.17. The normalized spacial score (nSPS) is 12.0. The minimum Gasteiger partial charge on any atom is -0.283 e. The van der Waals surface area contributed by atoms with Crippen LogP contribution in [0.3, 0.4) is 0 Å². The fraction of sp³-hybridized carbons (Fsp3) is 0.238. The van der Waals surface area contributed by atoms with E-state index in [1.807, 2.05) is 42.7 Å². The zero-order chi connectivity index (χ0) is 21.5. The highest BCUT2D eigenvalue weighted by molar-refractivity contribution is 7.88. The van der Waals surface area contributed by atoms with Crippen molar-refractivity contribution in [3.63, 3.8) is 0 Å². The lowest BCUT2D eigenvalue weighted by Gasteiger charge is -2.14. The number of fused-ring (bicyclic) bond motifs is 1. The number of aryl methyl sites for hydroxylation is 2. The van der Waals surface area contributed by atoms with Crippen molar-refractivity contribution in [2.45, 2.75) is 19.6 Å². The monoisotopic (exact) mass is 422 g/mol. The van der Waals surface area contributed by atoms with Crippen molar-refractivity contribution in [1.29, 1.82) is 0 Å². The van der Waals surface area contributed by atoms with E-state index in [4.69, 9.17) is 0 Å². The van der Waals surface area contributed by atoms with E-state index >= 15 is 0 Å². The highest BCUT2D eigenvalue weighted by atomic mass is 32.2. The van der Waals surface area contributed by atoms with Gasteiger partial charge in [0, 0.05) is 43.9 Å². The van der Waals surface area contributed by atoms with Crippen molar-refractivity contribution in [1.82, 2.24) is 28.8 Å². The van der Waals surface area contributed by atoms with E-state index in [0.717, 1.165) is 27.9 Å². The van der Waals surface area contributed by atoms with Gasteiger partial charge in [0.25, 0.3) is 0 Å². The Kier molecular flexibility index (Phi) is 5.08. The smallest absolute Gasteiger partial charge is 0.217 e. The SMILES string of the molecule is Cc1ncc(-c2ccnc(-n3cnc4c(C)nccc43)c2)cc1CS(=O)(=O)N(C)C. The van der Waals surface area contributed by atoms with Gasteiger partial charge in [0.2, 0.25) is 10.0 Å². The highest BCUT2D eigenvalue weighted by Crippen LogP contribution is 2.25. The van der Waals surface area contributed by atoms with Crippen LogP contribution in [-0.4, -0.2) is 51.3 Å². The van der Waals surface area contributed by atoms with E-state index in [2.05, 4.69) is 19.9 Å². The number of hydrogen-bond acceptors (Lipinski definition) is 6. The molecule has 0 atom stereocenters. The number of imidazole rings is 1. The average Bonchev–Trinajstić information content (AvgIpc) is 3.15. The van der Waals surface area contributed by atoms with Crippen molar-refractivity contribution >= 4 is 21.1 Å². The summed E-state index contributed by atoms with van der Waals surface area (Å²) >= 11 is 0. The zero-order valence-corrected chi connectivity index (χ0v) is 18.1. The van der Waals surface area contributed by atoms with Crippen LogP contribution in [0.1, 0.15) is 17.0 Å². The molecule has 0 bridgehead atoms. The van der Waals surface area contributed by atoms with Gasteiger partial charge in [-0.25, -0.2) is 22.7 Å². The molecule has 4 heterocycles. The lowest BCUT2D eigenvalue weighted by atomic mass is 10.1. The minimum absolute atomic E-state index is 0.0942. The van der Waals surface area contributed by atoms with Gasteiger partial charge in [-0.15, -0.1) is 0 Å². The molecule has 9 heteroatoms. The molecule has 0 N–H and O–H groups in total. The van der Waals surface area contributed by atoms with E-state index in [0.29, 0.717) is 17.1 Å². The molecule has 8 nitrogen and oxygen atoms in total. The van der Waals surface area contributed by atoms with E-state index < -0.39 is 10.0 Å². The van der Waals surface area contributed by atoms with Gasteiger partial charge in [0.15, 0.2) is 0 Å². The number of nitrogens with zero attached hydrogens (tertiary/aromatic N) is 6. The molecule has 0 fully saturated rings. The van der Waals surface area contributed by atoms with Gasteiger partial charge in [0.05, 0.1) is 17.0 Å². The van der Waals surface area contributed by atoms with Crippen LogP contribution in [0, 0.1) is 13.8 Å². The largest absolute Gasteiger partial charge is 0.283 e. The number of rotatable bonds is 5. The topological polar surface area (TPSA) is 93.9 Å². The van der Waals surface area contributed by atoms with Gasteiger partial charge in [-0.3, -0.25) is 14.5 Å². The molecule has 0 radical (unpaired) electrons. The zero-order valence-electron chi connectivity index (χ0n) is 17.2. The van der Waals surface area contributed by atoms with Crippen LogP contribution < -0.4 is 0 Å². The Bertz CT molecular complexity index is 1340. The summed E-state index contributed by atoms with van der Waals surface area (Å²) in [5.74, 6) is 0.618. The standard InChI is InChI=1S/C21H22N6O2S/c1-14-18(12-30(28,29)26(3)4)9-17(11-24-14)16-5-7-23-20(10-16)27-13-25-21-15(2)22-8-6-19(21)27/h5-11,13H,12H2,1-4H3. The molecular weight excluding hydrogens is 400 g/mol. The molecule has 0 saturated heterocycles. The molecule has 4 aromatic rings. The maximum Gasteiger partial charge on any atom is 0.217 e. The predicted molar refractivity (Wildman–Crippen MR) is 116 cm³/mol. The number of sulfonamides is 1. The van der Waals surface area contributed by atoms with Crippen molar-refractivity contribution in [2.75, 3.05) is 14.1 Å². The van der Waals surface area contributed by atoms with Gasteiger partial charge < -0.3 is 0 Å². The fourth-order valence-electron chi connectivity index (χ4n) is 3.20. The van der Waals surface area contributed by atoms with E-state index in [-0.39, 0.29) is 5.75 Å². The second-order valence-electron chi connectivity index (χ2n) is 7.29. The molecule has 4 aromatic heterocycles. The third-order valence-electron chi connectivity index (χ3n) is 5.06. The first-order valence-electron chi connectivity index (χ1n) is 9.37. The number of aromatic nitrogens is 5. The van der Waals surface area contributed by atoms with Gasteiger partial charge in [-0.1, -0.05) is 0 Å². The van der Waals surface area contributed by atoms with Crippen molar-refractivity contribution < 1.29 is 8.42 Å². The predicted octanol–water partition coefficient (Wildman–Crippen LogP) is 2.89. The molecule has 0 amide bonds. The summed E-state index contributed by atoms with van der Waals surface area (Å²) in [7, 11) is -0.319. The van der Waals surface area contributed by atoms with Gasteiger partial charge >= 0.3 is 0 Å². The van der Waals surface area contributed by atoms with Crippen LogP contribution in [0.5, 0.6) is 0 Å². The van der Waals surface area contributed by atoms with Crippen LogP contribution in [0.25, 0.3) is 28.0 Å². The van der Waals surface area contributed by atoms with Crippen molar-refractivity contribution in [3.05, 3.63) is 66.1 Å². The molecule has 0 unspecified atom stereocenters. The van der Waals surface area contributed by atoms with Gasteiger partial charge in [-0.05, 0) is 49.2 Å². The van der Waals surface area contributed by atoms with E-state index in [9.17, 15) is 8.42 Å². The van der Waals surface area contributed by atoms with Crippen LogP contribution in [0.4, 0.5) is 0 Å². The first-order chi connectivity index (χ1) is 14.3. The summed E-state index contributed by atoms with van der Waals surface area (Å²) in [5, 5.41) is 0. The average molecular weight is 423 g/mol. The van der Waals surface area contributed by atoms with Crippen LogP contribution in [0.15, 0.2) is 49.2 Å². The molecule has 0 aliphatic rings. The Morgan fingerprint density at radius 1 is 0.933 bits per heavy atom. The second kappa shape index (κ2) is 7.58. The Morgan fingerprint density at radius 2 is 1.70 bits per heavy atom. The van der Waals surface area contributed by atoms with Gasteiger partial charge in [-0.2, -0.15) is 0 Å². The maximum atomic E-state index is 12.3.